The van der Waals surface area contributed by atoms with E-state index in [9.17, 15) is 23.6 Å². The molecule has 2 atom stereocenters. The minimum absolute atomic E-state index is 0.514. The summed E-state index contributed by atoms with van der Waals surface area (Å²) >= 11 is 0. The van der Waals surface area contributed by atoms with E-state index in [1.54, 1.807) is 62.4 Å². The molecule has 3 rings (SSSR count). The van der Waals surface area contributed by atoms with Crippen LogP contribution in [0.2, 0.25) is 0 Å². The average Bonchev–Trinajstić information content (AvgIpc) is 2.79. The van der Waals surface area contributed by atoms with Crippen molar-refractivity contribution in [3.05, 3.63) is 48.5 Å². The van der Waals surface area contributed by atoms with Gasteiger partial charge in [0.05, 0.1) is 29.2 Å². The zero-order valence-corrected chi connectivity index (χ0v) is 18.1. The van der Waals surface area contributed by atoms with Crippen LogP contribution >= 0.6 is 0 Å². The molecule has 0 bridgehead atoms. The van der Waals surface area contributed by atoms with Crippen LogP contribution in [0.4, 0.5) is 31.9 Å². The SMILES string of the molecule is CC(C)C(OC(=O)N1c2ccccc2Nc2ccccc21)C(=O)NC(CC(=O)O)C(=O)CF. The third-order valence-electron chi connectivity index (χ3n) is 5.05. The zero-order chi connectivity index (χ0) is 24.1. The first-order valence-corrected chi connectivity index (χ1v) is 10.3. The molecule has 174 valence electrons. The number of ketones is 1. The van der Waals surface area contributed by atoms with Gasteiger partial charge in [-0.2, -0.15) is 0 Å². The fourth-order valence-corrected chi connectivity index (χ4v) is 3.44. The van der Waals surface area contributed by atoms with E-state index in [2.05, 4.69) is 10.6 Å². The number of hydrogen-bond acceptors (Lipinski definition) is 6. The molecule has 1 heterocycles. The Kier molecular flexibility index (Phi) is 7.27. The summed E-state index contributed by atoms with van der Waals surface area (Å²) in [5.74, 6) is -3.87. The van der Waals surface area contributed by atoms with Crippen molar-refractivity contribution >= 4 is 46.5 Å². The number of benzene rings is 2. The van der Waals surface area contributed by atoms with Gasteiger partial charge in [-0.1, -0.05) is 38.1 Å². The molecule has 33 heavy (non-hydrogen) atoms. The highest BCUT2D eigenvalue weighted by Crippen LogP contribution is 2.43. The third kappa shape index (κ3) is 5.28. The number of alkyl halides is 1. The standard InChI is InChI=1S/C23H24FN3O6/c1-13(2)21(22(31)26-16(11-20(29)30)19(28)12-24)33-23(32)27-17-9-5-3-7-14(17)25-15-8-4-6-10-18(15)27/h3-10,13,16,21,25H,11-12H2,1-2H3,(H,26,31)(H,29,30). The lowest BCUT2D eigenvalue weighted by molar-refractivity contribution is -0.141. The summed E-state index contributed by atoms with van der Waals surface area (Å²) in [6, 6.07) is 12.5. The van der Waals surface area contributed by atoms with E-state index in [-0.39, 0.29) is 0 Å². The van der Waals surface area contributed by atoms with Crippen LogP contribution in [0.25, 0.3) is 0 Å². The monoisotopic (exact) mass is 457 g/mol. The average molecular weight is 457 g/mol. The normalized spacial score (nSPS) is 13.8. The summed E-state index contributed by atoms with van der Waals surface area (Å²) in [7, 11) is 0. The fourth-order valence-electron chi connectivity index (χ4n) is 3.44. The molecule has 2 unspecified atom stereocenters. The molecule has 2 amide bonds. The van der Waals surface area contributed by atoms with Crippen molar-refractivity contribution in [2.45, 2.75) is 32.4 Å². The Morgan fingerprint density at radius 1 is 1.03 bits per heavy atom. The van der Waals surface area contributed by atoms with Crippen molar-refractivity contribution in [1.29, 1.82) is 0 Å². The summed E-state index contributed by atoms with van der Waals surface area (Å²) in [6.45, 7) is 1.82. The number of nitrogens with zero attached hydrogens (tertiary/aromatic N) is 1. The summed E-state index contributed by atoms with van der Waals surface area (Å²) in [4.78, 5) is 50.2. The predicted molar refractivity (Wildman–Crippen MR) is 119 cm³/mol. The number of halogens is 1. The number of carboxylic acid groups (broad SMARTS) is 1. The number of hydrogen-bond donors (Lipinski definition) is 3. The third-order valence-corrected chi connectivity index (χ3v) is 5.05. The molecule has 3 N–H and O–H groups in total. The molecule has 0 spiro atoms. The number of carboxylic acids is 1. The van der Waals surface area contributed by atoms with Crippen LogP contribution in [0.15, 0.2) is 48.5 Å². The fraction of sp³-hybridized carbons (Fsp3) is 0.304. The van der Waals surface area contributed by atoms with E-state index in [0.717, 1.165) is 0 Å². The van der Waals surface area contributed by atoms with Crippen LogP contribution in [0, 0.1) is 5.92 Å². The highest BCUT2D eigenvalue weighted by molar-refractivity contribution is 6.07. The number of fused-ring (bicyclic) bond motifs is 2. The Labute approximate surface area is 189 Å². The lowest BCUT2D eigenvalue weighted by atomic mass is 10.0. The second kappa shape index (κ2) is 10.1. The van der Waals surface area contributed by atoms with Crippen molar-refractivity contribution in [1.82, 2.24) is 5.32 Å². The maximum Gasteiger partial charge on any atom is 0.419 e. The van der Waals surface area contributed by atoms with Crippen LogP contribution in [0.1, 0.15) is 20.3 Å². The minimum atomic E-state index is -1.57. The Morgan fingerprint density at radius 3 is 2.06 bits per heavy atom. The summed E-state index contributed by atoms with van der Waals surface area (Å²) in [5.41, 5.74) is 2.35. The van der Waals surface area contributed by atoms with E-state index in [1.807, 2.05) is 0 Å². The lowest BCUT2D eigenvalue weighted by Gasteiger charge is -2.33. The number of para-hydroxylation sites is 4. The smallest absolute Gasteiger partial charge is 0.419 e. The summed E-state index contributed by atoms with van der Waals surface area (Å²) in [5, 5.41) is 14.4. The summed E-state index contributed by atoms with van der Waals surface area (Å²) < 4.78 is 18.4. The largest absolute Gasteiger partial charge is 0.481 e. The maximum atomic E-state index is 13.3. The Bertz CT molecular complexity index is 1030. The number of aliphatic carboxylic acids is 1. The lowest BCUT2D eigenvalue weighted by Crippen LogP contribution is -2.50. The first-order chi connectivity index (χ1) is 15.7. The highest BCUT2D eigenvalue weighted by Gasteiger charge is 2.35. The molecule has 10 heteroatoms. The van der Waals surface area contributed by atoms with E-state index in [1.165, 1.54) is 4.90 Å². The molecular formula is C23H24FN3O6. The molecule has 0 radical (unpaired) electrons. The van der Waals surface area contributed by atoms with Crippen LogP contribution in [-0.4, -0.2) is 47.7 Å². The van der Waals surface area contributed by atoms with Gasteiger partial charge < -0.3 is 20.5 Å². The molecule has 0 aliphatic carbocycles. The second-order valence-electron chi connectivity index (χ2n) is 7.80. The molecule has 0 aromatic heterocycles. The van der Waals surface area contributed by atoms with Crippen molar-refractivity contribution in [3.8, 4) is 0 Å². The molecule has 0 saturated heterocycles. The number of carbonyl (C=O) groups excluding carboxylic acids is 3. The van der Waals surface area contributed by atoms with E-state index < -0.39 is 54.9 Å². The van der Waals surface area contributed by atoms with Crippen molar-refractivity contribution < 1.29 is 33.4 Å². The molecule has 0 fully saturated rings. The van der Waals surface area contributed by atoms with Crippen LogP contribution < -0.4 is 15.5 Å². The first-order valence-electron chi connectivity index (χ1n) is 10.3. The number of anilines is 4. The number of Topliss-reactive ketones (excluding diaryl/α,β-unsaturated/α-hetero) is 1. The Hall–Kier alpha value is -3.95. The molecular weight excluding hydrogens is 433 g/mol. The minimum Gasteiger partial charge on any atom is -0.481 e. The second-order valence-corrected chi connectivity index (χ2v) is 7.80. The number of rotatable bonds is 8. The van der Waals surface area contributed by atoms with Gasteiger partial charge in [-0.05, 0) is 30.2 Å². The molecule has 1 aliphatic rings. The topological polar surface area (TPSA) is 125 Å². The van der Waals surface area contributed by atoms with Gasteiger partial charge in [-0.15, -0.1) is 0 Å². The predicted octanol–water partition coefficient (Wildman–Crippen LogP) is 3.54. The zero-order valence-electron chi connectivity index (χ0n) is 18.1. The van der Waals surface area contributed by atoms with Gasteiger partial charge in [0.2, 0.25) is 0 Å². The van der Waals surface area contributed by atoms with Gasteiger partial charge in [-0.25, -0.2) is 14.1 Å². The van der Waals surface area contributed by atoms with Gasteiger partial charge in [-0.3, -0.25) is 14.4 Å². The van der Waals surface area contributed by atoms with Crippen molar-refractivity contribution in [2.24, 2.45) is 5.92 Å². The quantitative estimate of drug-likeness (QED) is 0.554. The van der Waals surface area contributed by atoms with Crippen molar-refractivity contribution in [2.75, 3.05) is 16.9 Å². The molecule has 2 aromatic carbocycles. The van der Waals surface area contributed by atoms with E-state index >= 15 is 0 Å². The Morgan fingerprint density at radius 2 is 1.58 bits per heavy atom. The number of amides is 2. The van der Waals surface area contributed by atoms with E-state index in [0.29, 0.717) is 22.7 Å². The molecule has 9 nitrogen and oxygen atoms in total. The van der Waals surface area contributed by atoms with Crippen LogP contribution in [0.3, 0.4) is 0 Å². The van der Waals surface area contributed by atoms with Crippen LogP contribution in [-0.2, 0) is 19.1 Å². The van der Waals surface area contributed by atoms with Gasteiger partial charge >= 0.3 is 12.1 Å². The number of carbonyl (C=O) groups is 4. The molecule has 2 aromatic rings. The highest BCUT2D eigenvalue weighted by atomic mass is 19.1. The first kappa shape index (κ1) is 23.7. The number of nitrogens with one attached hydrogen (secondary N) is 2. The van der Waals surface area contributed by atoms with E-state index in [4.69, 9.17) is 9.84 Å². The van der Waals surface area contributed by atoms with Crippen molar-refractivity contribution in [3.63, 3.8) is 0 Å². The van der Waals surface area contributed by atoms with Gasteiger partial charge in [0.25, 0.3) is 5.91 Å². The van der Waals surface area contributed by atoms with Gasteiger partial charge in [0, 0.05) is 0 Å². The Balaban J connectivity index is 1.86. The van der Waals surface area contributed by atoms with Crippen LogP contribution in [0.5, 0.6) is 0 Å². The van der Waals surface area contributed by atoms with Gasteiger partial charge in [0.15, 0.2) is 11.9 Å². The molecule has 1 aliphatic heterocycles. The number of ether oxygens (including phenoxy) is 1. The summed E-state index contributed by atoms with van der Waals surface area (Å²) in [6.07, 6.45) is -2.97. The van der Waals surface area contributed by atoms with Gasteiger partial charge in [0.1, 0.15) is 12.7 Å². The maximum absolute atomic E-state index is 13.3. The molecule has 0 saturated carbocycles.